The van der Waals surface area contributed by atoms with E-state index in [-0.39, 0.29) is 17.7 Å². The summed E-state index contributed by atoms with van der Waals surface area (Å²) in [5.41, 5.74) is 0.757. The largest absolute Gasteiger partial charge is 0.348 e. The highest BCUT2D eigenvalue weighted by Crippen LogP contribution is 2.09. The summed E-state index contributed by atoms with van der Waals surface area (Å²) in [6.07, 6.45) is 5.09. The lowest BCUT2D eigenvalue weighted by Crippen LogP contribution is -2.51. The molecule has 1 rings (SSSR count). The van der Waals surface area contributed by atoms with Crippen LogP contribution in [0.2, 0.25) is 0 Å². The first-order valence-corrected chi connectivity index (χ1v) is 7.87. The molecule has 0 saturated heterocycles. The van der Waals surface area contributed by atoms with Crippen molar-refractivity contribution in [2.45, 2.75) is 52.1 Å². The maximum Gasteiger partial charge on any atom is 0.243 e. The second-order valence-corrected chi connectivity index (χ2v) is 6.04. The topological polar surface area (TPSA) is 95.2 Å². The Labute approximate surface area is 136 Å². The lowest BCUT2D eigenvalue weighted by Gasteiger charge is -2.28. The van der Waals surface area contributed by atoms with Crippen molar-refractivity contribution >= 4 is 18.1 Å². The number of hydrogen-bond acceptors (Lipinski definition) is 4. The lowest BCUT2D eigenvalue weighted by molar-refractivity contribution is -0.139. The average molecular weight is 322 g/mol. The van der Waals surface area contributed by atoms with Gasteiger partial charge in [0, 0.05) is 31.8 Å². The summed E-state index contributed by atoms with van der Waals surface area (Å²) in [7, 11) is 1.60. The molecule has 2 N–H and O–H groups in total. The van der Waals surface area contributed by atoms with Crippen LogP contribution in [0.3, 0.4) is 0 Å². The van der Waals surface area contributed by atoms with E-state index in [0.29, 0.717) is 19.3 Å². The molecule has 0 unspecified atom stereocenters. The Morgan fingerprint density at radius 3 is 2.61 bits per heavy atom. The molecule has 1 aromatic heterocycles. The number of aromatic nitrogens is 2. The van der Waals surface area contributed by atoms with Crippen LogP contribution in [-0.4, -0.2) is 52.1 Å². The van der Waals surface area contributed by atoms with E-state index >= 15 is 0 Å². The van der Waals surface area contributed by atoms with Crippen LogP contribution in [0.5, 0.6) is 0 Å². The van der Waals surface area contributed by atoms with E-state index in [1.54, 1.807) is 20.2 Å². The molecule has 1 aromatic rings. The van der Waals surface area contributed by atoms with Crippen molar-refractivity contribution in [3.8, 4) is 0 Å². The molecule has 1 heterocycles. The van der Waals surface area contributed by atoms with Crippen LogP contribution in [-0.2, 0) is 20.8 Å². The fourth-order valence-corrected chi connectivity index (χ4v) is 2.37. The number of aromatic amines is 1. The van der Waals surface area contributed by atoms with Crippen LogP contribution in [0, 0.1) is 5.92 Å². The normalized spacial score (nSPS) is 13.4. The molecule has 0 radical (unpaired) electrons. The summed E-state index contributed by atoms with van der Waals surface area (Å²) in [6.45, 7) is 5.71. The Kier molecular flexibility index (Phi) is 7.44. The van der Waals surface area contributed by atoms with Gasteiger partial charge < -0.3 is 20.0 Å². The van der Waals surface area contributed by atoms with E-state index in [1.165, 1.54) is 11.2 Å². The molecule has 0 aliphatic heterocycles. The predicted octanol–water partition coefficient (Wildman–Crippen LogP) is 0.919. The molecule has 0 saturated carbocycles. The van der Waals surface area contributed by atoms with Gasteiger partial charge in [0.05, 0.1) is 12.4 Å². The standard InChI is InChI=1S/C16H26N4O3/c1-5-15(22)20(4)14(7-12-8-17-10-18-12)16(23)19-13(9-21)6-11(2)3/h8-11,13-14H,5-7H2,1-4H3,(H,17,18)(H,19,23)/t13-,14-/m0/s1. The third-order valence-electron chi connectivity index (χ3n) is 3.65. The van der Waals surface area contributed by atoms with Gasteiger partial charge in [-0.1, -0.05) is 20.8 Å². The van der Waals surface area contributed by atoms with Crippen molar-refractivity contribution < 1.29 is 14.4 Å². The molecule has 0 bridgehead atoms. The van der Waals surface area contributed by atoms with Crippen LogP contribution in [0.25, 0.3) is 0 Å². The highest BCUT2D eigenvalue weighted by Gasteiger charge is 2.28. The van der Waals surface area contributed by atoms with Crippen molar-refractivity contribution in [3.63, 3.8) is 0 Å². The van der Waals surface area contributed by atoms with Crippen LogP contribution in [0.1, 0.15) is 39.3 Å². The van der Waals surface area contributed by atoms with Gasteiger partial charge in [0.15, 0.2) is 0 Å². The zero-order chi connectivity index (χ0) is 17.4. The first-order chi connectivity index (χ1) is 10.9. The molecule has 0 fully saturated rings. The third-order valence-corrected chi connectivity index (χ3v) is 3.65. The number of carbonyl (C=O) groups excluding carboxylic acids is 3. The zero-order valence-electron chi connectivity index (χ0n) is 14.2. The second-order valence-electron chi connectivity index (χ2n) is 6.04. The summed E-state index contributed by atoms with van der Waals surface area (Å²) >= 11 is 0. The maximum atomic E-state index is 12.6. The monoisotopic (exact) mass is 322 g/mol. The fourth-order valence-electron chi connectivity index (χ4n) is 2.37. The first-order valence-electron chi connectivity index (χ1n) is 7.87. The van der Waals surface area contributed by atoms with Crippen molar-refractivity contribution in [1.29, 1.82) is 0 Å². The average Bonchev–Trinajstić information content (AvgIpc) is 3.02. The smallest absolute Gasteiger partial charge is 0.243 e. The molecule has 0 spiro atoms. The predicted molar refractivity (Wildman–Crippen MR) is 86.6 cm³/mol. The third kappa shape index (κ3) is 5.84. The molecule has 7 heteroatoms. The SMILES string of the molecule is CCC(=O)N(C)[C@@H](Cc1cnc[nH]1)C(=O)N[C@H](C=O)CC(C)C. The van der Waals surface area contributed by atoms with Gasteiger partial charge in [0.1, 0.15) is 12.3 Å². The van der Waals surface area contributed by atoms with Gasteiger partial charge in [-0.05, 0) is 12.3 Å². The van der Waals surface area contributed by atoms with Gasteiger partial charge in [-0.2, -0.15) is 0 Å². The van der Waals surface area contributed by atoms with Gasteiger partial charge in [-0.3, -0.25) is 9.59 Å². The zero-order valence-corrected chi connectivity index (χ0v) is 14.2. The molecule has 2 atom stereocenters. The van der Waals surface area contributed by atoms with E-state index in [2.05, 4.69) is 15.3 Å². The molecule has 23 heavy (non-hydrogen) atoms. The van der Waals surface area contributed by atoms with E-state index in [4.69, 9.17) is 0 Å². The molecule has 0 aliphatic rings. The van der Waals surface area contributed by atoms with Crippen LogP contribution < -0.4 is 5.32 Å². The number of H-pyrrole nitrogens is 1. The maximum absolute atomic E-state index is 12.6. The number of imidazole rings is 1. The quantitative estimate of drug-likeness (QED) is 0.661. The minimum absolute atomic E-state index is 0.129. The number of amides is 2. The van der Waals surface area contributed by atoms with E-state index < -0.39 is 12.1 Å². The Bertz CT molecular complexity index is 513. The summed E-state index contributed by atoms with van der Waals surface area (Å²) < 4.78 is 0. The van der Waals surface area contributed by atoms with Crippen molar-refractivity contribution in [1.82, 2.24) is 20.2 Å². The van der Waals surface area contributed by atoms with E-state index in [1.807, 2.05) is 13.8 Å². The van der Waals surface area contributed by atoms with Crippen molar-refractivity contribution in [3.05, 3.63) is 18.2 Å². The van der Waals surface area contributed by atoms with Gasteiger partial charge in [-0.25, -0.2) is 4.98 Å². The minimum atomic E-state index is -0.683. The first kappa shape index (κ1) is 18.9. The van der Waals surface area contributed by atoms with Crippen LogP contribution in [0.4, 0.5) is 0 Å². The summed E-state index contributed by atoms with van der Waals surface area (Å²) in [4.78, 5) is 44.0. The Morgan fingerprint density at radius 1 is 1.43 bits per heavy atom. The number of rotatable bonds is 9. The van der Waals surface area contributed by atoms with Crippen molar-refractivity contribution in [2.75, 3.05) is 7.05 Å². The minimum Gasteiger partial charge on any atom is -0.348 e. The number of likely N-dealkylation sites (N-methyl/N-ethyl adjacent to an activating group) is 1. The Morgan fingerprint density at radius 2 is 2.13 bits per heavy atom. The molecule has 0 aromatic carbocycles. The lowest BCUT2D eigenvalue weighted by atomic mass is 10.0. The fraction of sp³-hybridized carbons (Fsp3) is 0.625. The van der Waals surface area contributed by atoms with Crippen LogP contribution in [0.15, 0.2) is 12.5 Å². The highest BCUT2D eigenvalue weighted by atomic mass is 16.2. The van der Waals surface area contributed by atoms with Crippen LogP contribution >= 0.6 is 0 Å². The number of nitrogens with one attached hydrogen (secondary N) is 2. The number of carbonyl (C=O) groups is 3. The van der Waals surface area contributed by atoms with Gasteiger partial charge in [0.2, 0.25) is 11.8 Å². The van der Waals surface area contributed by atoms with Gasteiger partial charge in [-0.15, -0.1) is 0 Å². The molecular weight excluding hydrogens is 296 g/mol. The Balaban J connectivity index is 2.86. The number of nitrogens with zero attached hydrogens (tertiary/aromatic N) is 2. The molecular formula is C16H26N4O3. The van der Waals surface area contributed by atoms with E-state index in [9.17, 15) is 14.4 Å². The van der Waals surface area contributed by atoms with Gasteiger partial charge in [0.25, 0.3) is 0 Å². The van der Waals surface area contributed by atoms with Gasteiger partial charge >= 0.3 is 0 Å². The molecule has 2 amide bonds. The summed E-state index contributed by atoms with van der Waals surface area (Å²) in [5, 5.41) is 2.74. The van der Waals surface area contributed by atoms with E-state index in [0.717, 1.165) is 12.0 Å². The summed E-state index contributed by atoms with van der Waals surface area (Å²) in [5.74, 6) is -0.176. The second kappa shape index (κ2) is 9.07. The molecule has 0 aliphatic carbocycles. The van der Waals surface area contributed by atoms with Crippen molar-refractivity contribution in [2.24, 2.45) is 5.92 Å². The number of aldehydes is 1. The Hall–Kier alpha value is -2.18. The number of hydrogen-bond donors (Lipinski definition) is 2. The molecule has 128 valence electrons. The summed E-state index contributed by atoms with van der Waals surface area (Å²) in [6, 6.07) is -1.23. The molecule has 7 nitrogen and oxygen atoms in total. The highest BCUT2D eigenvalue weighted by molar-refractivity contribution is 5.89.